The van der Waals surface area contributed by atoms with Gasteiger partial charge < -0.3 is 74.3 Å². The van der Waals surface area contributed by atoms with Crippen LogP contribution in [0.4, 0.5) is 0 Å². The summed E-state index contributed by atoms with van der Waals surface area (Å²) < 4.78 is 16.3. The molecule has 0 aromatic rings. The molecule has 0 aliphatic heterocycles. The molecule has 0 fully saturated rings. The molecule has 0 aliphatic carbocycles. The second-order valence-electron chi connectivity index (χ2n) is 12.8. The number of aliphatic hydroxyl groups excluding tert-OH is 3. The summed E-state index contributed by atoms with van der Waals surface area (Å²) in [6, 6.07) is -0.180. The van der Waals surface area contributed by atoms with Crippen molar-refractivity contribution in [3.8, 4) is 0 Å². The highest BCUT2D eigenvalue weighted by Crippen LogP contribution is 2.08. The van der Waals surface area contributed by atoms with Crippen molar-refractivity contribution in [2.45, 2.75) is 88.9 Å². The lowest BCUT2D eigenvalue weighted by Crippen LogP contribution is -2.44. The van der Waals surface area contributed by atoms with Crippen molar-refractivity contribution < 1.29 is 58.3 Å². The van der Waals surface area contributed by atoms with E-state index in [1.165, 1.54) is 0 Å². The third-order valence-corrected chi connectivity index (χ3v) is 8.63. The molecular formula is C28H66N4O12Si2. The van der Waals surface area contributed by atoms with E-state index in [0.717, 1.165) is 45.4 Å². The van der Waals surface area contributed by atoms with Gasteiger partial charge in [0.1, 0.15) is 0 Å². The quantitative estimate of drug-likeness (QED) is 0.0243. The number of hydrogen-bond donors (Lipinski definition) is 12. The van der Waals surface area contributed by atoms with Crippen molar-refractivity contribution in [1.29, 1.82) is 0 Å². The number of ether oxygens (including phenoxy) is 3. The van der Waals surface area contributed by atoms with Gasteiger partial charge in [-0.2, -0.15) is 0 Å². The molecule has 0 radical (unpaired) electrons. The predicted molar refractivity (Wildman–Crippen MR) is 178 cm³/mol. The Hall–Kier alpha value is -0.206. The van der Waals surface area contributed by atoms with Gasteiger partial charge in [-0.05, 0) is 59.5 Å². The molecule has 0 amide bonds. The summed E-state index contributed by atoms with van der Waals surface area (Å²) in [6.07, 6.45) is 1.61. The van der Waals surface area contributed by atoms with Crippen molar-refractivity contribution in [3.05, 3.63) is 0 Å². The zero-order chi connectivity index (χ0) is 34.9. The minimum atomic E-state index is -4.05. The molecule has 0 heterocycles. The zero-order valence-electron chi connectivity index (χ0n) is 28.3. The van der Waals surface area contributed by atoms with Crippen LogP contribution in [0.2, 0.25) is 12.1 Å². The van der Waals surface area contributed by atoms with Crippen LogP contribution in [0.15, 0.2) is 0 Å². The smallest absolute Gasteiger partial charge is 0.390 e. The van der Waals surface area contributed by atoms with Gasteiger partial charge in [0, 0.05) is 71.1 Å². The highest BCUT2D eigenvalue weighted by molar-refractivity contribution is 6.56. The topological polar surface area (TPSA) is 249 Å². The first kappa shape index (κ1) is 45.8. The van der Waals surface area contributed by atoms with E-state index in [0.29, 0.717) is 45.6 Å². The van der Waals surface area contributed by atoms with E-state index in [2.05, 4.69) is 20.9 Å². The predicted octanol–water partition coefficient (Wildman–Crippen LogP) is -3.23. The monoisotopic (exact) mass is 706 g/mol. The summed E-state index contributed by atoms with van der Waals surface area (Å²) in [5, 5.41) is 40.4. The molecule has 278 valence electrons. The van der Waals surface area contributed by atoms with Crippen molar-refractivity contribution in [3.63, 3.8) is 0 Å². The molecule has 3 unspecified atom stereocenters. The van der Waals surface area contributed by atoms with Crippen LogP contribution >= 0.6 is 0 Å². The molecular weight excluding hydrogens is 640 g/mol. The second kappa shape index (κ2) is 26.6. The molecule has 46 heavy (non-hydrogen) atoms. The van der Waals surface area contributed by atoms with E-state index in [1.54, 1.807) is 0 Å². The van der Waals surface area contributed by atoms with E-state index in [-0.39, 0.29) is 50.7 Å². The lowest BCUT2D eigenvalue weighted by molar-refractivity contribution is -0.0559. The van der Waals surface area contributed by atoms with Crippen LogP contribution in [-0.2, 0) is 14.2 Å². The number of rotatable bonds is 32. The Labute approximate surface area is 277 Å². The van der Waals surface area contributed by atoms with Gasteiger partial charge in [-0.25, -0.2) is 0 Å². The number of nitrogens with zero attached hydrogens (tertiary/aromatic N) is 1. The maximum Gasteiger partial charge on any atom is 0.492 e. The molecule has 0 aromatic heterocycles. The first-order valence-electron chi connectivity index (χ1n) is 16.5. The van der Waals surface area contributed by atoms with Gasteiger partial charge in [0.15, 0.2) is 0 Å². The summed E-state index contributed by atoms with van der Waals surface area (Å²) in [5.74, 6) is 0. The number of unbranched alkanes of at least 4 members (excludes halogenated alkanes) is 2. The third-order valence-electron chi connectivity index (χ3n) is 6.58. The van der Waals surface area contributed by atoms with Crippen molar-refractivity contribution in [1.82, 2.24) is 20.9 Å². The van der Waals surface area contributed by atoms with Crippen LogP contribution in [0.3, 0.4) is 0 Å². The Morgan fingerprint density at radius 3 is 1.52 bits per heavy atom. The highest BCUT2D eigenvalue weighted by Gasteiger charge is 2.26. The van der Waals surface area contributed by atoms with Gasteiger partial charge in [0.05, 0.1) is 43.7 Å². The van der Waals surface area contributed by atoms with Crippen molar-refractivity contribution in [2.24, 2.45) is 0 Å². The second-order valence-corrected chi connectivity index (χ2v) is 16.9. The van der Waals surface area contributed by atoms with Gasteiger partial charge in [0.2, 0.25) is 0 Å². The molecule has 3 atom stereocenters. The zero-order valence-corrected chi connectivity index (χ0v) is 30.3. The van der Waals surface area contributed by atoms with E-state index in [9.17, 15) is 15.3 Å². The highest BCUT2D eigenvalue weighted by atomic mass is 28.4. The standard InChI is InChI=1S/C28H66N4O12Si2/c1-28(2,3)44-24-27(35)21-32(14-12-31-20-26(34)23-43-16-8-18-46(39,40)41)13-11-29-9-5-4-6-10-30-19-25(33)22-42-15-7-17-45(36,37)38/h25-27,29-31,33-41H,4-24H2,1-3H3. The van der Waals surface area contributed by atoms with E-state index >= 15 is 0 Å². The Morgan fingerprint density at radius 2 is 1.04 bits per heavy atom. The van der Waals surface area contributed by atoms with Crippen LogP contribution in [0.25, 0.3) is 0 Å². The summed E-state index contributed by atoms with van der Waals surface area (Å²) in [4.78, 5) is 56.0. The van der Waals surface area contributed by atoms with E-state index in [4.69, 9.17) is 43.0 Å². The molecule has 16 nitrogen and oxygen atoms in total. The average Bonchev–Trinajstić information content (AvgIpc) is 2.93. The Kier molecular flexibility index (Phi) is 26.5. The van der Waals surface area contributed by atoms with Crippen molar-refractivity contribution >= 4 is 17.6 Å². The van der Waals surface area contributed by atoms with Gasteiger partial charge in [0.25, 0.3) is 0 Å². The molecule has 0 saturated heterocycles. The fourth-order valence-corrected chi connectivity index (χ4v) is 5.42. The number of nitrogens with one attached hydrogen (secondary N) is 3. The van der Waals surface area contributed by atoms with Crippen LogP contribution in [0, 0.1) is 0 Å². The van der Waals surface area contributed by atoms with Crippen LogP contribution in [-0.4, -0.2) is 182 Å². The van der Waals surface area contributed by atoms with E-state index in [1.807, 2.05) is 20.8 Å². The fraction of sp³-hybridized carbons (Fsp3) is 1.00. The average molecular weight is 707 g/mol. The first-order chi connectivity index (χ1) is 21.5. The maximum atomic E-state index is 10.5. The Bertz CT molecular complexity index is 703. The Balaban J connectivity index is 4.10. The lowest BCUT2D eigenvalue weighted by atomic mass is 10.2. The molecule has 12 N–H and O–H groups in total. The summed E-state index contributed by atoms with van der Waals surface area (Å²) >= 11 is 0. The molecule has 0 saturated carbocycles. The van der Waals surface area contributed by atoms with Gasteiger partial charge in [-0.1, -0.05) is 6.42 Å². The van der Waals surface area contributed by atoms with Crippen LogP contribution in [0.5, 0.6) is 0 Å². The summed E-state index contributed by atoms with van der Waals surface area (Å²) in [7, 11) is -8.07. The summed E-state index contributed by atoms with van der Waals surface area (Å²) in [6.45, 7) is 12.4. The minimum absolute atomic E-state index is 0.0801. The molecule has 0 spiro atoms. The van der Waals surface area contributed by atoms with Crippen LogP contribution in [0.1, 0.15) is 52.9 Å². The number of aliphatic hydroxyl groups is 3. The minimum Gasteiger partial charge on any atom is -0.390 e. The Morgan fingerprint density at radius 1 is 0.587 bits per heavy atom. The maximum absolute atomic E-state index is 10.5. The van der Waals surface area contributed by atoms with Gasteiger partial charge in [-0.15, -0.1) is 0 Å². The molecule has 0 aliphatic rings. The summed E-state index contributed by atoms with van der Waals surface area (Å²) in [5.41, 5.74) is -0.337. The molecule has 0 aromatic carbocycles. The molecule has 0 rings (SSSR count). The van der Waals surface area contributed by atoms with Gasteiger partial charge >= 0.3 is 17.6 Å². The van der Waals surface area contributed by atoms with Crippen LogP contribution < -0.4 is 16.0 Å². The largest absolute Gasteiger partial charge is 0.492 e. The van der Waals surface area contributed by atoms with Gasteiger partial charge in [-0.3, -0.25) is 4.90 Å². The first-order valence-corrected chi connectivity index (χ1v) is 20.6. The molecule has 18 heteroatoms. The fourth-order valence-electron chi connectivity index (χ4n) is 4.18. The third kappa shape index (κ3) is 35.1. The molecule has 0 bridgehead atoms. The lowest BCUT2D eigenvalue weighted by Gasteiger charge is -2.27. The SMILES string of the molecule is CC(C)(C)OCC(O)CN(CCNCCCCCNCC(O)COCCC[Si](O)(O)O)CCNCC(O)COCCC[Si](O)(O)O. The number of hydrogen-bond acceptors (Lipinski definition) is 16. The van der Waals surface area contributed by atoms with E-state index < -0.39 is 35.9 Å². The van der Waals surface area contributed by atoms with Crippen molar-refractivity contribution in [2.75, 3.05) is 91.9 Å². The normalized spacial score (nSPS) is 15.1.